The molecule has 0 unspecified atom stereocenters. The van der Waals surface area contributed by atoms with Crippen molar-refractivity contribution in [1.82, 2.24) is 0 Å². The molecule has 1 saturated carbocycles. The van der Waals surface area contributed by atoms with Gasteiger partial charge in [0.1, 0.15) is 0 Å². The zero-order chi connectivity index (χ0) is 8.32. The lowest BCUT2D eigenvalue weighted by atomic mass is 10.0. The van der Waals surface area contributed by atoms with Gasteiger partial charge in [0.25, 0.3) is 0 Å². The molecule has 0 radical (unpaired) electrons. The lowest BCUT2D eigenvalue weighted by molar-refractivity contribution is -0.147. The van der Waals surface area contributed by atoms with Crippen LogP contribution in [-0.2, 0) is 9.53 Å². The van der Waals surface area contributed by atoms with Crippen molar-refractivity contribution in [3.8, 4) is 0 Å². The average Bonchev–Trinajstić information content (AvgIpc) is 2.80. The summed E-state index contributed by atoms with van der Waals surface area (Å²) in [5.74, 6) is -0.0500. The van der Waals surface area contributed by atoms with Crippen LogP contribution in [0.1, 0.15) is 25.7 Å². The Labute approximate surface area is 66.9 Å². The standard InChI is InChI=1S/C8H15NO2/c1-11-7(10)8(4-5-8)3-2-6-9/h2-6,9H2,1H3. The number of nitrogens with two attached hydrogens (primary N) is 1. The molecule has 1 fully saturated rings. The quantitative estimate of drug-likeness (QED) is 0.610. The summed E-state index contributed by atoms with van der Waals surface area (Å²) in [7, 11) is 1.45. The smallest absolute Gasteiger partial charge is 0.311 e. The molecule has 0 aliphatic heterocycles. The Kier molecular flexibility index (Phi) is 2.49. The Balaban J connectivity index is 2.34. The van der Waals surface area contributed by atoms with Crippen LogP contribution in [0.2, 0.25) is 0 Å². The lowest BCUT2D eigenvalue weighted by Crippen LogP contribution is -2.18. The maximum absolute atomic E-state index is 11.1. The highest BCUT2D eigenvalue weighted by atomic mass is 16.5. The first-order valence-corrected chi connectivity index (χ1v) is 4.04. The summed E-state index contributed by atoms with van der Waals surface area (Å²) in [6.45, 7) is 0.665. The first-order valence-electron chi connectivity index (χ1n) is 4.04. The van der Waals surface area contributed by atoms with E-state index in [1.807, 2.05) is 0 Å². The topological polar surface area (TPSA) is 52.3 Å². The highest BCUT2D eigenvalue weighted by molar-refractivity contribution is 5.79. The van der Waals surface area contributed by atoms with Gasteiger partial charge in [-0.3, -0.25) is 4.79 Å². The second kappa shape index (κ2) is 3.22. The van der Waals surface area contributed by atoms with E-state index in [0.29, 0.717) is 6.54 Å². The molecule has 3 nitrogen and oxygen atoms in total. The van der Waals surface area contributed by atoms with E-state index in [1.165, 1.54) is 7.11 Å². The Morgan fingerprint density at radius 2 is 2.27 bits per heavy atom. The molecule has 0 bridgehead atoms. The van der Waals surface area contributed by atoms with Crippen molar-refractivity contribution >= 4 is 5.97 Å². The predicted molar refractivity (Wildman–Crippen MR) is 42.0 cm³/mol. The van der Waals surface area contributed by atoms with E-state index in [9.17, 15) is 4.79 Å². The molecule has 0 aromatic heterocycles. The van der Waals surface area contributed by atoms with E-state index in [2.05, 4.69) is 0 Å². The van der Waals surface area contributed by atoms with Gasteiger partial charge in [-0.1, -0.05) is 0 Å². The molecule has 1 aliphatic carbocycles. The minimum absolute atomic E-state index is 0.0500. The predicted octanol–water partition coefficient (Wildman–Crippen LogP) is 0.678. The van der Waals surface area contributed by atoms with Crippen LogP contribution in [0.15, 0.2) is 0 Å². The van der Waals surface area contributed by atoms with Gasteiger partial charge in [0.05, 0.1) is 12.5 Å². The minimum atomic E-state index is -0.131. The molecule has 2 N–H and O–H groups in total. The van der Waals surface area contributed by atoms with Crippen LogP contribution >= 0.6 is 0 Å². The van der Waals surface area contributed by atoms with Crippen LogP contribution in [0.4, 0.5) is 0 Å². The summed E-state index contributed by atoms with van der Waals surface area (Å²) < 4.78 is 4.69. The monoisotopic (exact) mass is 157 g/mol. The number of esters is 1. The molecule has 11 heavy (non-hydrogen) atoms. The number of hydrogen-bond acceptors (Lipinski definition) is 3. The molecule has 0 aromatic rings. The van der Waals surface area contributed by atoms with Crippen LogP contribution in [0.3, 0.4) is 0 Å². The molecule has 1 rings (SSSR count). The SMILES string of the molecule is COC(=O)C1(CCCN)CC1. The van der Waals surface area contributed by atoms with Gasteiger partial charge in [-0.2, -0.15) is 0 Å². The van der Waals surface area contributed by atoms with Crippen molar-refractivity contribution in [1.29, 1.82) is 0 Å². The van der Waals surface area contributed by atoms with E-state index < -0.39 is 0 Å². The third-order valence-electron chi connectivity index (χ3n) is 2.33. The van der Waals surface area contributed by atoms with Gasteiger partial charge in [-0.25, -0.2) is 0 Å². The van der Waals surface area contributed by atoms with Gasteiger partial charge < -0.3 is 10.5 Å². The molecule has 1 aliphatic rings. The van der Waals surface area contributed by atoms with Crippen molar-refractivity contribution in [3.05, 3.63) is 0 Å². The third-order valence-corrected chi connectivity index (χ3v) is 2.33. The molecule has 64 valence electrons. The molecule has 0 atom stereocenters. The van der Waals surface area contributed by atoms with E-state index >= 15 is 0 Å². The number of hydrogen-bond donors (Lipinski definition) is 1. The molecule has 0 amide bonds. The molecular weight excluding hydrogens is 142 g/mol. The van der Waals surface area contributed by atoms with Crippen LogP contribution in [0.5, 0.6) is 0 Å². The molecule has 0 aromatic carbocycles. The molecule has 0 spiro atoms. The number of ether oxygens (including phenoxy) is 1. The molecular formula is C8H15NO2. The number of methoxy groups -OCH3 is 1. The minimum Gasteiger partial charge on any atom is -0.469 e. The molecule has 0 saturated heterocycles. The van der Waals surface area contributed by atoms with Gasteiger partial charge in [0, 0.05) is 0 Å². The maximum Gasteiger partial charge on any atom is 0.311 e. The van der Waals surface area contributed by atoms with E-state index in [-0.39, 0.29) is 11.4 Å². The van der Waals surface area contributed by atoms with Gasteiger partial charge in [0.15, 0.2) is 0 Å². The Hall–Kier alpha value is -0.570. The summed E-state index contributed by atoms with van der Waals surface area (Å²) in [6.07, 6.45) is 3.80. The van der Waals surface area contributed by atoms with E-state index in [1.54, 1.807) is 0 Å². The van der Waals surface area contributed by atoms with Gasteiger partial charge >= 0.3 is 5.97 Å². The summed E-state index contributed by atoms with van der Waals surface area (Å²) in [5, 5.41) is 0. The second-order valence-electron chi connectivity index (χ2n) is 3.16. The first kappa shape index (κ1) is 8.53. The summed E-state index contributed by atoms with van der Waals surface area (Å²) in [6, 6.07) is 0. The fourth-order valence-corrected chi connectivity index (χ4v) is 1.36. The second-order valence-corrected chi connectivity index (χ2v) is 3.16. The van der Waals surface area contributed by atoms with Crippen molar-refractivity contribution in [2.75, 3.05) is 13.7 Å². The largest absolute Gasteiger partial charge is 0.469 e. The van der Waals surface area contributed by atoms with Crippen molar-refractivity contribution < 1.29 is 9.53 Å². The first-order chi connectivity index (χ1) is 5.25. The fraction of sp³-hybridized carbons (Fsp3) is 0.875. The normalized spacial score (nSPS) is 19.5. The molecule has 3 heteroatoms. The number of rotatable bonds is 4. The lowest BCUT2D eigenvalue weighted by Gasteiger charge is -2.10. The van der Waals surface area contributed by atoms with Crippen LogP contribution in [0, 0.1) is 5.41 Å². The Morgan fingerprint density at radius 3 is 2.64 bits per heavy atom. The van der Waals surface area contributed by atoms with Crippen LogP contribution < -0.4 is 5.73 Å². The van der Waals surface area contributed by atoms with Gasteiger partial charge in [-0.05, 0) is 32.2 Å². The number of carbonyl (C=O) groups is 1. The zero-order valence-corrected chi connectivity index (χ0v) is 6.93. The van der Waals surface area contributed by atoms with Gasteiger partial charge in [-0.15, -0.1) is 0 Å². The Bertz CT molecular complexity index is 152. The highest BCUT2D eigenvalue weighted by Gasteiger charge is 2.49. The van der Waals surface area contributed by atoms with Crippen molar-refractivity contribution in [3.63, 3.8) is 0 Å². The zero-order valence-electron chi connectivity index (χ0n) is 6.93. The maximum atomic E-state index is 11.1. The van der Waals surface area contributed by atoms with Crippen molar-refractivity contribution in [2.45, 2.75) is 25.7 Å². The van der Waals surface area contributed by atoms with Crippen LogP contribution in [-0.4, -0.2) is 19.6 Å². The summed E-state index contributed by atoms with van der Waals surface area (Å²) >= 11 is 0. The van der Waals surface area contributed by atoms with Crippen molar-refractivity contribution in [2.24, 2.45) is 11.1 Å². The Morgan fingerprint density at radius 1 is 1.64 bits per heavy atom. The number of carbonyl (C=O) groups excluding carboxylic acids is 1. The van der Waals surface area contributed by atoms with Crippen LogP contribution in [0.25, 0.3) is 0 Å². The summed E-state index contributed by atoms with van der Waals surface area (Å²) in [5.41, 5.74) is 5.22. The van der Waals surface area contributed by atoms with Gasteiger partial charge in [0.2, 0.25) is 0 Å². The van der Waals surface area contributed by atoms with E-state index in [4.69, 9.17) is 10.5 Å². The third kappa shape index (κ3) is 1.71. The highest BCUT2D eigenvalue weighted by Crippen LogP contribution is 2.50. The summed E-state index contributed by atoms with van der Waals surface area (Å²) in [4.78, 5) is 11.1. The molecule has 0 heterocycles. The average molecular weight is 157 g/mol. The fourth-order valence-electron chi connectivity index (χ4n) is 1.36. The van der Waals surface area contributed by atoms with E-state index in [0.717, 1.165) is 25.7 Å².